The molecule has 0 bridgehead atoms. The molecular weight excluding hydrogens is 252 g/mol. The van der Waals surface area contributed by atoms with Crippen molar-refractivity contribution in [2.24, 2.45) is 11.8 Å². The zero-order valence-electron chi connectivity index (χ0n) is 12.7. The summed E-state index contributed by atoms with van der Waals surface area (Å²) in [6.45, 7) is 8.03. The highest BCUT2D eigenvalue weighted by Gasteiger charge is 2.07. The summed E-state index contributed by atoms with van der Waals surface area (Å²) in [6, 6.07) is 7.18. The van der Waals surface area contributed by atoms with Crippen molar-refractivity contribution < 1.29 is 9.59 Å². The minimum Gasteiger partial charge on any atom is -0.326 e. The molecule has 1 aromatic carbocycles. The van der Waals surface area contributed by atoms with Gasteiger partial charge >= 0.3 is 0 Å². The Bertz CT molecular complexity index is 407. The van der Waals surface area contributed by atoms with E-state index in [1.54, 1.807) is 24.3 Å². The summed E-state index contributed by atoms with van der Waals surface area (Å²) >= 11 is 0. The third-order valence-electron chi connectivity index (χ3n) is 2.64. The molecule has 20 heavy (non-hydrogen) atoms. The SMILES string of the molecule is CC(C)CC(=O)Nc1ccc(NC(=O)CC(C)C)cc1. The monoisotopic (exact) mass is 276 g/mol. The summed E-state index contributed by atoms with van der Waals surface area (Å²) in [5.41, 5.74) is 1.50. The van der Waals surface area contributed by atoms with Crippen molar-refractivity contribution in [1.29, 1.82) is 0 Å². The molecule has 4 nitrogen and oxygen atoms in total. The second kappa shape index (κ2) is 7.68. The molecule has 110 valence electrons. The Hall–Kier alpha value is -1.84. The van der Waals surface area contributed by atoms with Gasteiger partial charge in [0.25, 0.3) is 0 Å². The summed E-state index contributed by atoms with van der Waals surface area (Å²) in [4.78, 5) is 23.3. The first-order chi connectivity index (χ1) is 9.36. The van der Waals surface area contributed by atoms with Crippen molar-refractivity contribution in [2.75, 3.05) is 10.6 Å². The molecule has 0 unspecified atom stereocenters. The Kier molecular flexibility index (Phi) is 6.22. The predicted molar refractivity (Wildman–Crippen MR) is 82.6 cm³/mol. The summed E-state index contributed by atoms with van der Waals surface area (Å²) < 4.78 is 0. The number of benzene rings is 1. The minimum absolute atomic E-state index is 0.0107. The fourth-order valence-corrected chi connectivity index (χ4v) is 1.80. The number of amides is 2. The molecule has 0 aliphatic heterocycles. The first-order valence-corrected chi connectivity index (χ1v) is 7.06. The second-order valence-corrected chi connectivity index (χ2v) is 5.87. The van der Waals surface area contributed by atoms with Crippen LogP contribution in [0.1, 0.15) is 40.5 Å². The molecule has 4 heteroatoms. The molecule has 2 amide bonds. The summed E-state index contributed by atoms with van der Waals surface area (Å²) in [5, 5.41) is 5.67. The lowest BCUT2D eigenvalue weighted by atomic mass is 10.1. The molecule has 0 aliphatic rings. The first-order valence-electron chi connectivity index (χ1n) is 7.06. The maximum absolute atomic E-state index is 11.6. The lowest BCUT2D eigenvalue weighted by Crippen LogP contribution is -2.15. The number of rotatable bonds is 6. The van der Waals surface area contributed by atoms with Crippen molar-refractivity contribution in [3.05, 3.63) is 24.3 Å². The lowest BCUT2D eigenvalue weighted by molar-refractivity contribution is -0.117. The summed E-state index contributed by atoms with van der Waals surface area (Å²) in [6.07, 6.45) is 1.01. The van der Waals surface area contributed by atoms with Gasteiger partial charge in [-0.05, 0) is 36.1 Å². The van der Waals surface area contributed by atoms with Crippen LogP contribution in [0, 0.1) is 11.8 Å². The summed E-state index contributed by atoms with van der Waals surface area (Å²) in [5.74, 6) is 0.697. The molecule has 0 spiro atoms. The van der Waals surface area contributed by atoms with Crippen LogP contribution in [0.2, 0.25) is 0 Å². The molecule has 0 radical (unpaired) electrons. The average Bonchev–Trinajstić information content (AvgIpc) is 2.29. The molecule has 1 rings (SSSR count). The summed E-state index contributed by atoms with van der Waals surface area (Å²) in [7, 11) is 0. The highest BCUT2D eigenvalue weighted by Crippen LogP contribution is 2.15. The molecule has 0 aromatic heterocycles. The van der Waals surface area contributed by atoms with Crippen LogP contribution >= 0.6 is 0 Å². The van der Waals surface area contributed by atoms with E-state index in [0.29, 0.717) is 24.7 Å². The zero-order chi connectivity index (χ0) is 15.1. The lowest BCUT2D eigenvalue weighted by Gasteiger charge is -2.09. The molecule has 0 saturated carbocycles. The minimum atomic E-state index is 0.0107. The molecule has 1 aromatic rings. The Morgan fingerprint density at radius 1 is 0.800 bits per heavy atom. The van der Waals surface area contributed by atoms with E-state index in [2.05, 4.69) is 10.6 Å². The number of carbonyl (C=O) groups excluding carboxylic acids is 2. The van der Waals surface area contributed by atoms with Crippen molar-refractivity contribution in [3.8, 4) is 0 Å². The fourth-order valence-electron chi connectivity index (χ4n) is 1.80. The number of carbonyl (C=O) groups is 2. The standard InChI is InChI=1S/C16H24N2O2/c1-11(2)9-15(19)17-13-5-7-14(8-6-13)18-16(20)10-12(3)4/h5-8,11-12H,9-10H2,1-4H3,(H,17,19)(H,18,20). The van der Waals surface area contributed by atoms with Crippen molar-refractivity contribution in [2.45, 2.75) is 40.5 Å². The van der Waals surface area contributed by atoms with Gasteiger partial charge in [-0.2, -0.15) is 0 Å². The van der Waals surface area contributed by atoms with E-state index in [1.807, 2.05) is 27.7 Å². The Balaban J connectivity index is 2.52. The van der Waals surface area contributed by atoms with E-state index in [0.717, 1.165) is 11.4 Å². The zero-order valence-corrected chi connectivity index (χ0v) is 12.7. The normalized spacial score (nSPS) is 10.7. The van der Waals surface area contributed by atoms with Crippen LogP contribution in [-0.2, 0) is 9.59 Å². The average molecular weight is 276 g/mol. The van der Waals surface area contributed by atoms with Gasteiger partial charge in [0, 0.05) is 24.2 Å². The van der Waals surface area contributed by atoms with E-state index in [1.165, 1.54) is 0 Å². The van der Waals surface area contributed by atoms with E-state index in [4.69, 9.17) is 0 Å². The fraction of sp³-hybridized carbons (Fsp3) is 0.500. The first kappa shape index (κ1) is 16.2. The van der Waals surface area contributed by atoms with E-state index < -0.39 is 0 Å². The van der Waals surface area contributed by atoms with Crippen molar-refractivity contribution in [3.63, 3.8) is 0 Å². The molecule has 0 fully saturated rings. The van der Waals surface area contributed by atoms with Crippen LogP contribution in [0.15, 0.2) is 24.3 Å². The van der Waals surface area contributed by atoms with E-state index in [9.17, 15) is 9.59 Å². The van der Waals surface area contributed by atoms with Crippen molar-refractivity contribution >= 4 is 23.2 Å². The number of anilines is 2. The van der Waals surface area contributed by atoms with Gasteiger partial charge in [0.2, 0.25) is 11.8 Å². The van der Waals surface area contributed by atoms with Gasteiger partial charge in [0.15, 0.2) is 0 Å². The van der Waals surface area contributed by atoms with Crippen LogP contribution in [-0.4, -0.2) is 11.8 Å². The molecule has 2 N–H and O–H groups in total. The predicted octanol–water partition coefficient (Wildman–Crippen LogP) is 3.66. The van der Waals surface area contributed by atoms with Gasteiger partial charge in [-0.25, -0.2) is 0 Å². The molecule has 0 saturated heterocycles. The van der Waals surface area contributed by atoms with Gasteiger partial charge in [-0.15, -0.1) is 0 Å². The smallest absolute Gasteiger partial charge is 0.224 e. The molecule has 0 aliphatic carbocycles. The molecule has 0 heterocycles. The largest absolute Gasteiger partial charge is 0.326 e. The quantitative estimate of drug-likeness (QED) is 0.833. The van der Waals surface area contributed by atoms with Crippen LogP contribution < -0.4 is 10.6 Å². The number of hydrogen-bond donors (Lipinski definition) is 2. The van der Waals surface area contributed by atoms with Crippen molar-refractivity contribution in [1.82, 2.24) is 0 Å². The third kappa shape index (κ3) is 6.36. The second-order valence-electron chi connectivity index (χ2n) is 5.87. The van der Waals surface area contributed by atoms with E-state index >= 15 is 0 Å². The number of hydrogen-bond acceptors (Lipinski definition) is 2. The van der Waals surface area contributed by atoms with Crippen LogP contribution in [0.25, 0.3) is 0 Å². The van der Waals surface area contributed by atoms with Gasteiger partial charge in [-0.3, -0.25) is 9.59 Å². The van der Waals surface area contributed by atoms with Gasteiger partial charge in [0.1, 0.15) is 0 Å². The Morgan fingerprint density at radius 3 is 1.35 bits per heavy atom. The van der Waals surface area contributed by atoms with E-state index in [-0.39, 0.29) is 11.8 Å². The molecular formula is C16H24N2O2. The van der Waals surface area contributed by atoms with Gasteiger partial charge < -0.3 is 10.6 Å². The maximum Gasteiger partial charge on any atom is 0.224 e. The topological polar surface area (TPSA) is 58.2 Å². The van der Waals surface area contributed by atoms with Crippen LogP contribution in [0.4, 0.5) is 11.4 Å². The van der Waals surface area contributed by atoms with Crippen LogP contribution in [0.3, 0.4) is 0 Å². The highest BCUT2D eigenvalue weighted by molar-refractivity contribution is 5.93. The van der Waals surface area contributed by atoms with Crippen LogP contribution in [0.5, 0.6) is 0 Å². The number of nitrogens with one attached hydrogen (secondary N) is 2. The van der Waals surface area contributed by atoms with Gasteiger partial charge in [-0.1, -0.05) is 27.7 Å². The maximum atomic E-state index is 11.6. The van der Waals surface area contributed by atoms with Gasteiger partial charge in [0.05, 0.1) is 0 Å². The Morgan fingerprint density at radius 2 is 1.10 bits per heavy atom. The highest BCUT2D eigenvalue weighted by atomic mass is 16.2. The Labute approximate surface area is 121 Å². The third-order valence-corrected chi connectivity index (χ3v) is 2.64. The molecule has 0 atom stereocenters.